The Morgan fingerprint density at radius 1 is 1.23 bits per heavy atom. The van der Waals surface area contributed by atoms with Gasteiger partial charge in [-0.2, -0.15) is 0 Å². The largest absolute Gasteiger partial charge is 0.504 e. The zero-order valence-corrected chi connectivity index (χ0v) is 12.5. The number of methoxy groups -OCH3 is 1. The van der Waals surface area contributed by atoms with Gasteiger partial charge < -0.3 is 20.5 Å². The number of para-hydroxylation sites is 1. The third-order valence-electron chi connectivity index (χ3n) is 3.70. The minimum Gasteiger partial charge on any atom is -0.504 e. The highest BCUT2D eigenvalue weighted by Gasteiger charge is 2.20. The maximum absolute atomic E-state index is 10.1. The fourth-order valence-electron chi connectivity index (χ4n) is 2.18. The van der Waals surface area contributed by atoms with Crippen molar-refractivity contribution in [2.45, 2.75) is 19.4 Å². The van der Waals surface area contributed by atoms with E-state index in [0.29, 0.717) is 12.3 Å². The first-order valence-electron chi connectivity index (χ1n) is 7.41. The molecule has 1 saturated carbocycles. The van der Waals surface area contributed by atoms with Gasteiger partial charge in [0.05, 0.1) is 7.11 Å². The lowest BCUT2D eigenvalue weighted by Crippen LogP contribution is -2.07. The molecular weight excluding hydrogens is 280 g/mol. The molecule has 0 bridgehead atoms. The summed E-state index contributed by atoms with van der Waals surface area (Å²) in [4.78, 5) is 8.40. The van der Waals surface area contributed by atoms with Crippen LogP contribution in [0.3, 0.4) is 0 Å². The zero-order chi connectivity index (χ0) is 15.4. The minimum absolute atomic E-state index is 0.152. The number of phenols is 1. The van der Waals surface area contributed by atoms with Gasteiger partial charge in [-0.15, -0.1) is 0 Å². The van der Waals surface area contributed by atoms with Crippen LogP contribution in [0.25, 0.3) is 0 Å². The van der Waals surface area contributed by atoms with Crippen molar-refractivity contribution in [2.24, 2.45) is 5.92 Å². The third kappa shape index (κ3) is 3.58. The molecule has 3 rings (SSSR count). The summed E-state index contributed by atoms with van der Waals surface area (Å²) in [6.45, 7) is 1.43. The SMILES string of the molecule is COc1cccc(CNc2cc(NCC3CC3)ncn2)c1O. The number of nitrogens with one attached hydrogen (secondary N) is 2. The van der Waals surface area contributed by atoms with Crippen molar-refractivity contribution in [3.8, 4) is 11.5 Å². The van der Waals surface area contributed by atoms with Gasteiger partial charge in [0, 0.05) is 24.7 Å². The second-order valence-corrected chi connectivity index (χ2v) is 5.43. The van der Waals surface area contributed by atoms with E-state index in [1.165, 1.54) is 26.3 Å². The highest BCUT2D eigenvalue weighted by molar-refractivity contribution is 5.50. The second kappa shape index (κ2) is 6.51. The van der Waals surface area contributed by atoms with Gasteiger partial charge in [-0.05, 0) is 24.8 Å². The topological polar surface area (TPSA) is 79.3 Å². The van der Waals surface area contributed by atoms with E-state index in [0.717, 1.165) is 29.7 Å². The van der Waals surface area contributed by atoms with Gasteiger partial charge in [-0.3, -0.25) is 0 Å². The average Bonchev–Trinajstić information content (AvgIpc) is 3.37. The fourth-order valence-corrected chi connectivity index (χ4v) is 2.18. The molecule has 1 aromatic carbocycles. The van der Waals surface area contributed by atoms with Crippen LogP contribution in [0, 0.1) is 5.92 Å². The van der Waals surface area contributed by atoms with Crippen LogP contribution in [-0.2, 0) is 6.54 Å². The third-order valence-corrected chi connectivity index (χ3v) is 3.70. The van der Waals surface area contributed by atoms with Gasteiger partial charge in [0.15, 0.2) is 11.5 Å². The molecule has 1 heterocycles. The Balaban J connectivity index is 1.62. The Labute approximate surface area is 129 Å². The van der Waals surface area contributed by atoms with Crippen LogP contribution in [0.2, 0.25) is 0 Å². The molecule has 3 N–H and O–H groups in total. The minimum atomic E-state index is 0.152. The molecule has 2 aromatic rings. The zero-order valence-electron chi connectivity index (χ0n) is 12.5. The standard InChI is InChI=1S/C16H20N4O2/c1-22-13-4-2-3-12(16(13)21)9-18-15-7-14(19-10-20-15)17-8-11-5-6-11/h2-4,7,10-11,21H,5-6,8-9H2,1H3,(H2,17,18,19,20). The maximum atomic E-state index is 10.1. The van der Waals surface area contributed by atoms with Crippen LogP contribution in [-0.4, -0.2) is 28.7 Å². The lowest BCUT2D eigenvalue weighted by Gasteiger charge is -2.11. The maximum Gasteiger partial charge on any atom is 0.162 e. The Bertz CT molecular complexity index is 644. The van der Waals surface area contributed by atoms with Crippen LogP contribution in [0.1, 0.15) is 18.4 Å². The Morgan fingerprint density at radius 3 is 2.73 bits per heavy atom. The quantitative estimate of drug-likeness (QED) is 0.729. The predicted molar refractivity (Wildman–Crippen MR) is 85.2 cm³/mol. The number of aromatic nitrogens is 2. The second-order valence-electron chi connectivity index (χ2n) is 5.43. The van der Waals surface area contributed by atoms with Gasteiger partial charge in [-0.1, -0.05) is 12.1 Å². The van der Waals surface area contributed by atoms with Crippen LogP contribution in [0.4, 0.5) is 11.6 Å². The molecule has 0 atom stereocenters. The Hall–Kier alpha value is -2.50. The van der Waals surface area contributed by atoms with Gasteiger partial charge in [0.25, 0.3) is 0 Å². The van der Waals surface area contributed by atoms with E-state index < -0.39 is 0 Å². The molecule has 1 aromatic heterocycles. The summed E-state index contributed by atoms with van der Waals surface area (Å²) < 4.78 is 5.10. The smallest absolute Gasteiger partial charge is 0.162 e. The van der Waals surface area contributed by atoms with Crippen LogP contribution < -0.4 is 15.4 Å². The fraction of sp³-hybridized carbons (Fsp3) is 0.375. The van der Waals surface area contributed by atoms with Gasteiger partial charge in [-0.25, -0.2) is 9.97 Å². The number of nitrogens with zero attached hydrogens (tertiary/aromatic N) is 2. The molecule has 116 valence electrons. The summed E-state index contributed by atoms with van der Waals surface area (Å²) in [7, 11) is 1.54. The van der Waals surface area contributed by atoms with Gasteiger partial charge in [0.2, 0.25) is 0 Å². The Morgan fingerprint density at radius 2 is 2.00 bits per heavy atom. The van der Waals surface area contributed by atoms with Crippen LogP contribution in [0.5, 0.6) is 11.5 Å². The lowest BCUT2D eigenvalue weighted by atomic mass is 10.2. The molecule has 1 aliphatic rings. The number of benzene rings is 1. The van der Waals surface area contributed by atoms with Crippen molar-refractivity contribution < 1.29 is 9.84 Å². The number of hydrogen-bond donors (Lipinski definition) is 3. The van der Waals surface area contributed by atoms with E-state index in [9.17, 15) is 5.11 Å². The van der Waals surface area contributed by atoms with E-state index in [-0.39, 0.29) is 5.75 Å². The summed E-state index contributed by atoms with van der Waals surface area (Å²) in [6.07, 6.45) is 4.14. The van der Waals surface area contributed by atoms with E-state index in [4.69, 9.17) is 4.74 Å². The summed E-state index contributed by atoms with van der Waals surface area (Å²) in [5.74, 6) is 2.95. The number of phenolic OH excluding ortho intramolecular Hbond substituents is 1. The molecule has 0 spiro atoms. The number of aromatic hydroxyl groups is 1. The lowest BCUT2D eigenvalue weighted by molar-refractivity contribution is 0.371. The average molecular weight is 300 g/mol. The molecule has 0 amide bonds. The van der Waals surface area contributed by atoms with Crippen molar-refractivity contribution in [1.29, 1.82) is 0 Å². The normalized spacial score (nSPS) is 13.7. The number of ether oxygens (including phenoxy) is 1. The molecule has 1 fully saturated rings. The van der Waals surface area contributed by atoms with Crippen LogP contribution >= 0.6 is 0 Å². The molecule has 6 nitrogen and oxygen atoms in total. The number of rotatable bonds is 7. The monoisotopic (exact) mass is 300 g/mol. The molecule has 1 aliphatic carbocycles. The first-order valence-corrected chi connectivity index (χ1v) is 7.41. The highest BCUT2D eigenvalue weighted by atomic mass is 16.5. The van der Waals surface area contributed by atoms with Crippen molar-refractivity contribution in [3.63, 3.8) is 0 Å². The first-order chi connectivity index (χ1) is 10.8. The van der Waals surface area contributed by atoms with Crippen molar-refractivity contribution in [2.75, 3.05) is 24.3 Å². The molecule has 22 heavy (non-hydrogen) atoms. The molecule has 0 saturated heterocycles. The van der Waals surface area contributed by atoms with Crippen molar-refractivity contribution in [3.05, 3.63) is 36.2 Å². The summed E-state index contributed by atoms with van der Waals surface area (Å²) in [5.41, 5.74) is 0.755. The summed E-state index contributed by atoms with van der Waals surface area (Å²) in [6, 6.07) is 7.29. The molecule has 6 heteroatoms. The van der Waals surface area contributed by atoms with Gasteiger partial charge in [0.1, 0.15) is 18.0 Å². The molecule has 0 aliphatic heterocycles. The number of hydrogen-bond acceptors (Lipinski definition) is 6. The van der Waals surface area contributed by atoms with Crippen LogP contribution in [0.15, 0.2) is 30.6 Å². The van der Waals surface area contributed by atoms with E-state index in [1.54, 1.807) is 6.07 Å². The van der Waals surface area contributed by atoms with E-state index in [2.05, 4.69) is 20.6 Å². The van der Waals surface area contributed by atoms with E-state index >= 15 is 0 Å². The first kappa shape index (κ1) is 14.4. The van der Waals surface area contributed by atoms with E-state index in [1.807, 2.05) is 18.2 Å². The predicted octanol–water partition coefficient (Wildman–Crippen LogP) is 2.62. The molecular formula is C16H20N4O2. The summed E-state index contributed by atoms with van der Waals surface area (Å²) in [5, 5.41) is 16.6. The summed E-state index contributed by atoms with van der Waals surface area (Å²) >= 11 is 0. The highest BCUT2D eigenvalue weighted by Crippen LogP contribution is 2.30. The molecule has 0 radical (unpaired) electrons. The molecule has 0 unspecified atom stereocenters. The van der Waals surface area contributed by atoms with Crippen molar-refractivity contribution >= 4 is 11.6 Å². The number of anilines is 2. The van der Waals surface area contributed by atoms with Crippen molar-refractivity contribution in [1.82, 2.24) is 9.97 Å². The Kier molecular flexibility index (Phi) is 4.27. The van der Waals surface area contributed by atoms with Gasteiger partial charge >= 0.3 is 0 Å².